The molecule has 3 aromatic heterocycles. The number of hydrogen-bond acceptors (Lipinski definition) is 6. The van der Waals surface area contributed by atoms with Crippen molar-refractivity contribution >= 4 is 17.4 Å². The maximum absolute atomic E-state index is 13.7. The number of hydrogen-bond donors (Lipinski definition) is 1. The molecule has 1 saturated heterocycles. The number of nitrogens with one attached hydrogen (secondary N) is 1. The van der Waals surface area contributed by atoms with Crippen LogP contribution in [-0.2, 0) is 0 Å². The van der Waals surface area contributed by atoms with Crippen LogP contribution in [0.15, 0.2) is 47.4 Å². The molecule has 0 aromatic carbocycles. The van der Waals surface area contributed by atoms with Gasteiger partial charge in [0.1, 0.15) is 11.3 Å². The van der Waals surface area contributed by atoms with Crippen molar-refractivity contribution in [3.05, 3.63) is 64.3 Å². The monoisotopic (exact) mass is 432 g/mol. The topological polar surface area (TPSA) is 92.5 Å². The van der Waals surface area contributed by atoms with E-state index in [9.17, 15) is 22.8 Å². The molecule has 0 aliphatic carbocycles. The molecule has 1 fully saturated rings. The number of pyridine rings is 1. The summed E-state index contributed by atoms with van der Waals surface area (Å²) < 4.78 is 42.3. The highest BCUT2D eigenvalue weighted by molar-refractivity contribution is 5.93. The number of amides is 1. The van der Waals surface area contributed by atoms with Crippen LogP contribution in [0.3, 0.4) is 0 Å². The number of alkyl halides is 3. The molecular formula is C20H19F3N6O2. The third-order valence-electron chi connectivity index (χ3n) is 5.05. The van der Waals surface area contributed by atoms with Gasteiger partial charge in [-0.25, -0.2) is 4.98 Å². The minimum atomic E-state index is -4.82. The van der Waals surface area contributed by atoms with Crippen molar-refractivity contribution in [1.82, 2.24) is 24.9 Å². The Labute approximate surface area is 174 Å². The Bertz CT molecular complexity index is 1140. The van der Waals surface area contributed by atoms with Crippen LogP contribution in [0.2, 0.25) is 0 Å². The van der Waals surface area contributed by atoms with Crippen molar-refractivity contribution < 1.29 is 18.0 Å². The van der Waals surface area contributed by atoms with Gasteiger partial charge >= 0.3 is 6.18 Å². The lowest BCUT2D eigenvalue weighted by molar-refractivity contribution is -0.156. The standard InChI is InChI=1S/C20H19F3N6O2/c21-20(22,23)18(13-7-8-16(27-26-13)28-9-3-1-4-10-28)25-19(31)14-12-17(30)29-11-5-2-6-15(29)24-14/h2,5-8,11-12,18H,1,3-4,9-10H2,(H,25,31). The minimum absolute atomic E-state index is 0.148. The van der Waals surface area contributed by atoms with E-state index < -0.39 is 35.1 Å². The van der Waals surface area contributed by atoms with Gasteiger partial charge in [0, 0.05) is 25.4 Å². The predicted octanol–water partition coefficient (Wildman–Crippen LogP) is 2.51. The quantitative estimate of drug-likeness (QED) is 0.681. The van der Waals surface area contributed by atoms with Crippen molar-refractivity contribution in [2.24, 2.45) is 0 Å². The first kappa shape index (κ1) is 20.8. The second-order valence-corrected chi connectivity index (χ2v) is 7.22. The molecule has 1 aliphatic rings. The second kappa shape index (κ2) is 8.32. The van der Waals surface area contributed by atoms with E-state index in [0.29, 0.717) is 5.82 Å². The van der Waals surface area contributed by atoms with Crippen LogP contribution in [-0.4, -0.2) is 44.8 Å². The van der Waals surface area contributed by atoms with Gasteiger partial charge in [-0.2, -0.15) is 18.3 Å². The van der Waals surface area contributed by atoms with Crippen LogP contribution >= 0.6 is 0 Å². The van der Waals surface area contributed by atoms with Gasteiger partial charge in [-0.1, -0.05) is 6.07 Å². The zero-order valence-electron chi connectivity index (χ0n) is 16.3. The highest BCUT2D eigenvalue weighted by atomic mass is 19.4. The van der Waals surface area contributed by atoms with E-state index in [-0.39, 0.29) is 5.65 Å². The Kier molecular flexibility index (Phi) is 5.57. The van der Waals surface area contributed by atoms with Crippen LogP contribution in [0.5, 0.6) is 0 Å². The molecule has 0 bridgehead atoms. The Hall–Kier alpha value is -3.50. The molecular weight excluding hydrogens is 413 g/mol. The molecule has 4 heterocycles. The summed E-state index contributed by atoms with van der Waals surface area (Å²) in [6, 6.07) is 5.85. The van der Waals surface area contributed by atoms with E-state index in [0.717, 1.165) is 38.4 Å². The first-order valence-electron chi connectivity index (χ1n) is 9.77. The summed E-state index contributed by atoms with van der Waals surface area (Å²) >= 11 is 0. The third kappa shape index (κ3) is 4.49. The largest absolute Gasteiger partial charge is 0.414 e. The van der Waals surface area contributed by atoms with Crippen molar-refractivity contribution in [3.8, 4) is 0 Å². The van der Waals surface area contributed by atoms with E-state index in [1.54, 1.807) is 12.1 Å². The van der Waals surface area contributed by atoms with Gasteiger partial charge in [-0.15, -0.1) is 5.10 Å². The smallest absolute Gasteiger partial charge is 0.355 e. The molecule has 31 heavy (non-hydrogen) atoms. The third-order valence-corrected chi connectivity index (χ3v) is 5.05. The SMILES string of the molecule is O=C(NC(c1ccc(N2CCCCC2)nn1)C(F)(F)F)c1cc(=O)n2ccccc2n1. The van der Waals surface area contributed by atoms with E-state index in [1.807, 2.05) is 10.2 Å². The van der Waals surface area contributed by atoms with E-state index in [4.69, 9.17) is 0 Å². The Morgan fingerprint density at radius 2 is 1.84 bits per heavy atom. The van der Waals surface area contributed by atoms with Crippen molar-refractivity contribution in [2.45, 2.75) is 31.5 Å². The number of piperidine rings is 1. The molecule has 1 unspecified atom stereocenters. The van der Waals surface area contributed by atoms with Gasteiger partial charge in [0.25, 0.3) is 11.5 Å². The number of fused-ring (bicyclic) bond motifs is 1. The highest BCUT2D eigenvalue weighted by Gasteiger charge is 2.43. The van der Waals surface area contributed by atoms with Gasteiger partial charge in [0.15, 0.2) is 11.9 Å². The highest BCUT2D eigenvalue weighted by Crippen LogP contribution is 2.32. The molecule has 4 rings (SSSR count). The van der Waals surface area contributed by atoms with Crippen LogP contribution in [0.1, 0.15) is 41.5 Å². The fourth-order valence-electron chi connectivity index (χ4n) is 3.48. The van der Waals surface area contributed by atoms with Crippen LogP contribution in [0.25, 0.3) is 5.65 Å². The number of carbonyl (C=O) groups is 1. The summed E-state index contributed by atoms with van der Waals surface area (Å²) in [6.07, 6.45) is -0.281. The van der Waals surface area contributed by atoms with Gasteiger partial charge in [-0.3, -0.25) is 14.0 Å². The van der Waals surface area contributed by atoms with Gasteiger partial charge in [0.05, 0.1) is 5.69 Å². The van der Waals surface area contributed by atoms with Gasteiger partial charge < -0.3 is 10.2 Å². The number of carbonyl (C=O) groups excluding carboxylic acids is 1. The predicted molar refractivity (Wildman–Crippen MR) is 106 cm³/mol. The normalized spacial score (nSPS) is 15.6. The number of rotatable bonds is 4. The number of halogens is 3. The number of anilines is 1. The molecule has 3 aromatic rings. The minimum Gasteiger partial charge on any atom is -0.355 e. The zero-order valence-corrected chi connectivity index (χ0v) is 16.3. The summed E-state index contributed by atoms with van der Waals surface area (Å²) in [7, 11) is 0. The maximum Gasteiger partial charge on any atom is 0.414 e. The average Bonchev–Trinajstić information content (AvgIpc) is 2.77. The number of nitrogens with zero attached hydrogens (tertiary/aromatic N) is 5. The van der Waals surface area contributed by atoms with Gasteiger partial charge in [-0.05, 0) is 43.5 Å². The maximum atomic E-state index is 13.7. The molecule has 0 spiro atoms. The van der Waals surface area contributed by atoms with E-state index >= 15 is 0 Å². The fourth-order valence-corrected chi connectivity index (χ4v) is 3.48. The van der Waals surface area contributed by atoms with Crippen molar-refractivity contribution in [3.63, 3.8) is 0 Å². The van der Waals surface area contributed by atoms with Crippen molar-refractivity contribution in [1.29, 1.82) is 0 Å². The van der Waals surface area contributed by atoms with Crippen LogP contribution in [0, 0.1) is 0 Å². The van der Waals surface area contributed by atoms with Crippen LogP contribution < -0.4 is 15.8 Å². The number of aromatic nitrogens is 4. The molecule has 11 heteroatoms. The average molecular weight is 432 g/mol. The molecule has 0 saturated carbocycles. The summed E-state index contributed by atoms with van der Waals surface area (Å²) in [5, 5.41) is 9.54. The van der Waals surface area contributed by atoms with E-state index in [1.165, 1.54) is 28.8 Å². The molecule has 1 atom stereocenters. The Morgan fingerprint density at radius 3 is 2.52 bits per heavy atom. The molecule has 0 radical (unpaired) electrons. The Balaban J connectivity index is 1.59. The Morgan fingerprint density at radius 1 is 1.06 bits per heavy atom. The summed E-state index contributed by atoms with van der Waals surface area (Å²) in [5.74, 6) is -0.632. The summed E-state index contributed by atoms with van der Waals surface area (Å²) in [6.45, 7) is 1.55. The summed E-state index contributed by atoms with van der Waals surface area (Å²) in [5.41, 5.74) is -1.29. The zero-order chi connectivity index (χ0) is 22.0. The molecule has 8 nitrogen and oxygen atoms in total. The lowest BCUT2D eigenvalue weighted by Gasteiger charge is -2.27. The fraction of sp³-hybridized carbons (Fsp3) is 0.350. The first-order chi connectivity index (χ1) is 14.8. The molecule has 1 aliphatic heterocycles. The second-order valence-electron chi connectivity index (χ2n) is 7.22. The summed E-state index contributed by atoms with van der Waals surface area (Å²) in [4.78, 5) is 30.6. The lowest BCUT2D eigenvalue weighted by Crippen LogP contribution is -2.39. The molecule has 162 valence electrons. The first-order valence-corrected chi connectivity index (χ1v) is 9.77. The van der Waals surface area contributed by atoms with Gasteiger partial charge in [0.2, 0.25) is 0 Å². The van der Waals surface area contributed by atoms with Crippen LogP contribution in [0.4, 0.5) is 19.0 Å². The van der Waals surface area contributed by atoms with Crippen molar-refractivity contribution in [2.75, 3.05) is 18.0 Å². The molecule has 1 N–H and O–H groups in total. The van der Waals surface area contributed by atoms with E-state index in [2.05, 4.69) is 15.2 Å². The lowest BCUT2D eigenvalue weighted by atomic mass is 10.1. The molecule has 1 amide bonds.